The summed E-state index contributed by atoms with van der Waals surface area (Å²) in [5.74, 6) is -0.200. The molecule has 0 saturated carbocycles. The molecule has 0 fully saturated rings. The van der Waals surface area contributed by atoms with E-state index in [1.807, 2.05) is 22.9 Å². The van der Waals surface area contributed by atoms with Crippen molar-refractivity contribution in [2.75, 3.05) is 18.4 Å². The fourth-order valence-corrected chi connectivity index (χ4v) is 2.41. The van der Waals surface area contributed by atoms with E-state index >= 15 is 0 Å². The first-order valence-electron chi connectivity index (χ1n) is 6.40. The fraction of sp³-hybridized carbons (Fsp3) is 0.200. The highest BCUT2D eigenvalue weighted by molar-refractivity contribution is 7.07. The highest BCUT2D eigenvalue weighted by Gasteiger charge is 2.09. The van der Waals surface area contributed by atoms with E-state index in [2.05, 4.69) is 10.6 Å². The molecule has 1 unspecified atom stereocenters. The minimum atomic E-state index is -0.685. The monoisotopic (exact) mass is 301 g/mol. The zero-order valence-electron chi connectivity index (χ0n) is 11.2. The van der Waals surface area contributed by atoms with Gasteiger partial charge in [-0.15, -0.1) is 0 Å². The van der Waals surface area contributed by atoms with Gasteiger partial charge in [-0.05, 0) is 46.7 Å². The SMILES string of the molecule is N#Cc1ccc(NCC(=O)NCC(O)c2ccsc2)cc1. The third kappa shape index (κ3) is 4.60. The predicted octanol–water partition coefficient (Wildman–Crippen LogP) is 1.88. The van der Waals surface area contributed by atoms with Crippen molar-refractivity contribution < 1.29 is 9.90 Å². The number of anilines is 1. The first kappa shape index (κ1) is 15.0. The Hall–Kier alpha value is -2.36. The molecule has 0 radical (unpaired) electrons. The molecule has 1 heterocycles. The Kier molecular flexibility index (Phi) is 5.32. The lowest BCUT2D eigenvalue weighted by atomic mass is 10.2. The van der Waals surface area contributed by atoms with Crippen molar-refractivity contribution in [3.63, 3.8) is 0 Å². The van der Waals surface area contributed by atoms with E-state index in [1.54, 1.807) is 24.3 Å². The van der Waals surface area contributed by atoms with Crippen LogP contribution in [0, 0.1) is 11.3 Å². The van der Waals surface area contributed by atoms with Gasteiger partial charge in [0.2, 0.25) is 5.91 Å². The number of aliphatic hydroxyl groups excluding tert-OH is 1. The number of amides is 1. The molecule has 0 aliphatic carbocycles. The largest absolute Gasteiger partial charge is 0.387 e. The number of nitrogens with one attached hydrogen (secondary N) is 2. The number of rotatable bonds is 6. The number of benzene rings is 1. The molecule has 2 rings (SSSR count). The van der Waals surface area contributed by atoms with Gasteiger partial charge in [0.05, 0.1) is 24.3 Å². The molecule has 0 saturated heterocycles. The maximum absolute atomic E-state index is 11.7. The van der Waals surface area contributed by atoms with E-state index in [4.69, 9.17) is 5.26 Å². The maximum Gasteiger partial charge on any atom is 0.239 e. The Morgan fingerprint density at radius 1 is 1.33 bits per heavy atom. The standard InChI is InChI=1S/C15H15N3O2S/c16-7-11-1-3-13(4-2-11)17-9-15(20)18-8-14(19)12-5-6-21-10-12/h1-6,10,14,17,19H,8-9H2,(H,18,20). The molecule has 108 valence electrons. The fourth-order valence-electron chi connectivity index (χ4n) is 1.70. The Morgan fingerprint density at radius 2 is 2.10 bits per heavy atom. The Morgan fingerprint density at radius 3 is 2.71 bits per heavy atom. The number of hydrogen-bond acceptors (Lipinski definition) is 5. The molecule has 1 amide bonds. The van der Waals surface area contributed by atoms with Gasteiger partial charge in [-0.25, -0.2) is 0 Å². The summed E-state index contributed by atoms with van der Waals surface area (Å²) in [5.41, 5.74) is 2.15. The summed E-state index contributed by atoms with van der Waals surface area (Å²) in [6.07, 6.45) is -0.685. The lowest BCUT2D eigenvalue weighted by Crippen LogP contribution is -2.33. The number of carbonyl (C=O) groups is 1. The topological polar surface area (TPSA) is 85.2 Å². The minimum absolute atomic E-state index is 0.113. The summed E-state index contributed by atoms with van der Waals surface area (Å²) in [5, 5.41) is 27.9. The molecule has 1 aromatic heterocycles. The molecule has 0 spiro atoms. The molecule has 0 aliphatic rings. The zero-order chi connectivity index (χ0) is 15.1. The van der Waals surface area contributed by atoms with Crippen LogP contribution in [-0.4, -0.2) is 24.1 Å². The Bertz CT molecular complexity index is 617. The van der Waals surface area contributed by atoms with Gasteiger partial charge in [-0.1, -0.05) is 0 Å². The van der Waals surface area contributed by atoms with Gasteiger partial charge in [0.25, 0.3) is 0 Å². The quantitative estimate of drug-likeness (QED) is 0.760. The van der Waals surface area contributed by atoms with Crippen LogP contribution in [0.3, 0.4) is 0 Å². The van der Waals surface area contributed by atoms with E-state index < -0.39 is 6.10 Å². The average molecular weight is 301 g/mol. The summed E-state index contributed by atoms with van der Waals surface area (Å²) in [6, 6.07) is 10.7. The first-order valence-corrected chi connectivity index (χ1v) is 7.34. The van der Waals surface area contributed by atoms with Crippen molar-refractivity contribution in [3.8, 4) is 6.07 Å². The number of carbonyl (C=O) groups excluding carboxylic acids is 1. The Balaban J connectivity index is 1.73. The molecule has 6 heteroatoms. The van der Waals surface area contributed by atoms with Crippen LogP contribution in [-0.2, 0) is 4.79 Å². The summed E-state index contributed by atoms with van der Waals surface area (Å²) < 4.78 is 0. The summed E-state index contributed by atoms with van der Waals surface area (Å²) in [7, 11) is 0. The van der Waals surface area contributed by atoms with Crippen molar-refractivity contribution in [2.45, 2.75) is 6.10 Å². The van der Waals surface area contributed by atoms with Gasteiger partial charge >= 0.3 is 0 Å². The van der Waals surface area contributed by atoms with Crippen LogP contribution in [0.4, 0.5) is 5.69 Å². The molecule has 0 aliphatic heterocycles. The third-order valence-electron chi connectivity index (χ3n) is 2.89. The molecule has 21 heavy (non-hydrogen) atoms. The average Bonchev–Trinajstić information content (AvgIpc) is 3.05. The molecule has 1 aromatic carbocycles. The lowest BCUT2D eigenvalue weighted by molar-refractivity contribution is -0.119. The summed E-state index contributed by atoms with van der Waals surface area (Å²) in [4.78, 5) is 11.7. The second-order valence-corrected chi connectivity index (χ2v) is 5.20. The maximum atomic E-state index is 11.7. The summed E-state index contributed by atoms with van der Waals surface area (Å²) >= 11 is 1.50. The van der Waals surface area contributed by atoms with Gasteiger partial charge in [0, 0.05) is 12.2 Å². The minimum Gasteiger partial charge on any atom is -0.387 e. The molecule has 3 N–H and O–H groups in total. The Labute approximate surface area is 126 Å². The summed E-state index contributed by atoms with van der Waals surface area (Å²) in [6.45, 7) is 0.298. The van der Waals surface area contributed by atoms with Gasteiger partial charge in [0.1, 0.15) is 0 Å². The molecule has 2 aromatic rings. The number of nitrogens with zero attached hydrogens (tertiary/aromatic N) is 1. The zero-order valence-corrected chi connectivity index (χ0v) is 12.1. The number of hydrogen-bond donors (Lipinski definition) is 3. The van der Waals surface area contributed by atoms with E-state index in [1.165, 1.54) is 11.3 Å². The van der Waals surface area contributed by atoms with Crippen molar-refractivity contribution in [2.24, 2.45) is 0 Å². The molecule has 1 atom stereocenters. The van der Waals surface area contributed by atoms with Crippen LogP contribution < -0.4 is 10.6 Å². The van der Waals surface area contributed by atoms with Gasteiger partial charge in [-0.2, -0.15) is 16.6 Å². The third-order valence-corrected chi connectivity index (χ3v) is 3.59. The number of aliphatic hydroxyl groups is 1. The molecular formula is C15H15N3O2S. The molecule has 0 bridgehead atoms. The van der Waals surface area contributed by atoms with E-state index in [0.29, 0.717) is 5.56 Å². The number of thiophene rings is 1. The molecule has 5 nitrogen and oxygen atoms in total. The van der Waals surface area contributed by atoms with E-state index in [9.17, 15) is 9.90 Å². The molecular weight excluding hydrogens is 286 g/mol. The van der Waals surface area contributed by atoms with Crippen LogP contribution in [0.25, 0.3) is 0 Å². The van der Waals surface area contributed by atoms with Crippen LogP contribution >= 0.6 is 11.3 Å². The van der Waals surface area contributed by atoms with Gasteiger partial charge < -0.3 is 15.7 Å². The smallest absolute Gasteiger partial charge is 0.239 e. The van der Waals surface area contributed by atoms with Gasteiger partial charge in [-0.3, -0.25) is 4.79 Å². The highest BCUT2D eigenvalue weighted by Crippen LogP contribution is 2.15. The van der Waals surface area contributed by atoms with Crippen molar-refractivity contribution in [1.29, 1.82) is 5.26 Å². The highest BCUT2D eigenvalue weighted by atomic mass is 32.1. The van der Waals surface area contributed by atoms with E-state index in [0.717, 1.165) is 11.3 Å². The normalized spacial score (nSPS) is 11.4. The van der Waals surface area contributed by atoms with Crippen LogP contribution in [0.2, 0.25) is 0 Å². The van der Waals surface area contributed by atoms with E-state index in [-0.39, 0.29) is 19.0 Å². The van der Waals surface area contributed by atoms with Crippen LogP contribution in [0.15, 0.2) is 41.1 Å². The predicted molar refractivity (Wildman–Crippen MR) is 81.9 cm³/mol. The van der Waals surface area contributed by atoms with Gasteiger partial charge in [0.15, 0.2) is 0 Å². The van der Waals surface area contributed by atoms with Crippen LogP contribution in [0.1, 0.15) is 17.2 Å². The lowest BCUT2D eigenvalue weighted by Gasteiger charge is -2.11. The van der Waals surface area contributed by atoms with Crippen LogP contribution in [0.5, 0.6) is 0 Å². The number of nitriles is 1. The second-order valence-electron chi connectivity index (χ2n) is 4.42. The first-order chi connectivity index (χ1) is 10.2. The van der Waals surface area contributed by atoms with Crippen molar-refractivity contribution in [3.05, 3.63) is 52.2 Å². The second kappa shape index (κ2) is 7.43. The van der Waals surface area contributed by atoms with Crippen molar-refractivity contribution >= 4 is 22.9 Å². The van der Waals surface area contributed by atoms with Crippen molar-refractivity contribution in [1.82, 2.24) is 5.32 Å².